The third-order valence-corrected chi connectivity index (χ3v) is 5.93. The summed E-state index contributed by atoms with van der Waals surface area (Å²) in [6.45, 7) is 1.64. The monoisotopic (exact) mass is 406 g/mol. The predicted molar refractivity (Wildman–Crippen MR) is 100 cm³/mol. The van der Waals surface area contributed by atoms with Gasteiger partial charge >= 0.3 is 6.09 Å². The number of hydrogen-bond acceptors (Lipinski definition) is 3. The van der Waals surface area contributed by atoms with E-state index < -0.39 is 6.09 Å². The molecule has 3 heterocycles. The Labute approximate surface area is 166 Å². The first-order chi connectivity index (χ1) is 13.4. The summed E-state index contributed by atoms with van der Waals surface area (Å²) in [5.41, 5.74) is 2.65. The summed E-state index contributed by atoms with van der Waals surface area (Å²) in [4.78, 5) is 27.1. The van der Waals surface area contributed by atoms with E-state index in [9.17, 15) is 14.0 Å². The number of fused-ring (bicyclic) bond motifs is 1. The van der Waals surface area contributed by atoms with Crippen molar-refractivity contribution >= 4 is 23.6 Å². The average Bonchev–Trinajstić information content (AvgIpc) is 3.12. The number of rotatable bonds is 2. The summed E-state index contributed by atoms with van der Waals surface area (Å²) in [6, 6.07) is 4.39. The highest BCUT2D eigenvalue weighted by Gasteiger charge is 2.31. The maximum Gasteiger partial charge on any atom is 0.407 e. The zero-order chi connectivity index (χ0) is 19.8. The van der Waals surface area contributed by atoms with Crippen LogP contribution in [0.2, 0.25) is 5.02 Å². The summed E-state index contributed by atoms with van der Waals surface area (Å²) in [7, 11) is 0. The molecule has 2 N–H and O–H groups in total. The van der Waals surface area contributed by atoms with Gasteiger partial charge in [0.2, 0.25) is 0 Å². The summed E-state index contributed by atoms with van der Waals surface area (Å²) < 4.78 is 13.6. The first-order valence-corrected chi connectivity index (χ1v) is 9.60. The number of carbonyl (C=O) groups is 2. The molecule has 0 spiro atoms. The van der Waals surface area contributed by atoms with Crippen LogP contribution in [0.5, 0.6) is 0 Å². The molecular formula is C19H20ClFN4O3. The Morgan fingerprint density at radius 1 is 1.21 bits per heavy atom. The predicted octanol–water partition coefficient (Wildman–Crippen LogP) is 3.26. The van der Waals surface area contributed by atoms with Crippen LogP contribution in [0.1, 0.15) is 46.1 Å². The Hall–Kier alpha value is -2.61. The van der Waals surface area contributed by atoms with Crippen LogP contribution in [0.15, 0.2) is 18.2 Å². The number of aromatic nitrogens is 2. The second-order valence-electron chi connectivity index (χ2n) is 7.22. The van der Waals surface area contributed by atoms with Crippen molar-refractivity contribution in [2.24, 2.45) is 0 Å². The molecular weight excluding hydrogens is 387 g/mol. The Kier molecular flexibility index (Phi) is 4.97. The highest BCUT2D eigenvalue weighted by atomic mass is 35.5. The fraction of sp³-hybridized carbons (Fsp3) is 0.421. The molecule has 0 aliphatic carbocycles. The van der Waals surface area contributed by atoms with Crippen molar-refractivity contribution in [3.63, 3.8) is 0 Å². The maximum atomic E-state index is 13.6. The van der Waals surface area contributed by atoms with E-state index in [1.54, 1.807) is 11.0 Å². The molecule has 28 heavy (non-hydrogen) atoms. The van der Waals surface area contributed by atoms with Gasteiger partial charge in [0.05, 0.1) is 12.2 Å². The maximum absolute atomic E-state index is 13.6. The lowest BCUT2D eigenvalue weighted by Gasteiger charge is -2.32. The summed E-state index contributed by atoms with van der Waals surface area (Å²) in [5.74, 6) is -0.342. The molecule has 9 heteroatoms. The van der Waals surface area contributed by atoms with Gasteiger partial charge in [-0.05, 0) is 48.9 Å². The highest BCUT2D eigenvalue weighted by Crippen LogP contribution is 2.34. The molecule has 1 fully saturated rings. The van der Waals surface area contributed by atoms with Gasteiger partial charge in [-0.3, -0.25) is 9.89 Å². The second-order valence-corrected chi connectivity index (χ2v) is 7.62. The van der Waals surface area contributed by atoms with Crippen LogP contribution in [0.25, 0.3) is 0 Å². The molecule has 0 atom stereocenters. The van der Waals surface area contributed by atoms with E-state index in [0.29, 0.717) is 55.3 Å². The summed E-state index contributed by atoms with van der Waals surface area (Å²) >= 11 is 6.22. The van der Waals surface area contributed by atoms with E-state index in [4.69, 9.17) is 16.7 Å². The van der Waals surface area contributed by atoms with Gasteiger partial charge in [0.25, 0.3) is 5.91 Å². The van der Waals surface area contributed by atoms with E-state index in [2.05, 4.69) is 10.2 Å². The minimum atomic E-state index is -0.980. The summed E-state index contributed by atoms with van der Waals surface area (Å²) in [5, 5.41) is 16.7. The summed E-state index contributed by atoms with van der Waals surface area (Å²) in [6.07, 6.45) is 0.892. The minimum absolute atomic E-state index is 0.115. The lowest BCUT2D eigenvalue weighted by Crippen LogP contribution is -2.39. The zero-order valence-corrected chi connectivity index (χ0v) is 15.9. The van der Waals surface area contributed by atoms with Crippen LogP contribution in [0.4, 0.5) is 9.18 Å². The molecule has 0 bridgehead atoms. The van der Waals surface area contributed by atoms with Crippen LogP contribution < -0.4 is 0 Å². The largest absolute Gasteiger partial charge is 0.465 e. The highest BCUT2D eigenvalue weighted by molar-refractivity contribution is 6.31. The fourth-order valence-corrected chi connectivity index (χ4v) is 4.30. The molecule has 2 aromatic rings. The number of carboxylic acid groups (broad SMARTS) is 1. The van der Waals surface area contributed by atoms with Crippen molar-refractivity contribution in [2.45, 2.75) is 31.7 Å². The number of benzene rings is 1. The van der Waals surface area contributed by atoms with E-state index in [1.165, 1.54) is 17.0 Å². The van der Waals surface area contributed by atoms with Crippen molar-refractivity contribution in [1.82, 2.24) is 20.0 Å². The molecule has 2 amide bonds. The van der Waals surface area contributed by atoms with Gasteiger partial charge in [0.15, 0.2) is 5.69 Å². The number of nitrogens with zero attached hydrogens (tertiary/aromatic N) is 3. The van der Waals surface area contributed by atoms with Gasteiger partial charge in [-0.2, -0.15) is 5.10 Å². The Morgan fingerprint density at radius 2 is 1.96 bits per heavy atom. The van der Waals surface area contributed by atoms with Gasteiger partial charge in [0.1, 0.15) is 5.82 Å². The Balaban J connectivity index is 1.44. The number of piperidine rings is 1. The Bertz CT molecular complexity index is 924. The van der Waals surface area contributed by atoms with E-state index in [-0.39, 0.29) is 24.2 Å². The smallest absolute Gasteiger partial charge is 0.407 e. The fourth-order valence-electron chi connectivity index (χ4n) is 4.03. The van der Waals surface area contributed by atoms with Crippen LogP contribution in [-0.2, 0) is 13.0 Å². The standard InChI is InChI=1S/C19H20ClFN4O3/c20-15-2-1-12(21)9-14(15)11-3-6-24(7-4-11)18(26)17-13-5-8-25(19(27)28)10-16(13)22-23-17/h1-2,9,11H,3-8,10H2,(H,22,23)(H,27,28). The van der Waals surface area contributed by atoms with Crippen LogP contribution in [0, 0.1) is 5.82 Å². The molecule has 2 aliphatic rings. The van der Waals surface area contributed by atoms with Crippen molar-refractivity contribution in [3.8, 4) is 0 Å². The number of likely N-dealkylation sites (tertiary alicyclic amines) is 1. The second kappa shape index (κ2) is 7.43. The van der Waals surface area contributed by atoms with Gasteiger partial charge in [-0.1, -0.05) is 11.6 Å². The lowest BCUT2D eigenvalue weighted by molar-refractivity contribution is 0.0705. The quantitative estimate of drug-likeness (QED) is 0.801. The third-order valence-electron chi connectivity index (χ3n) is 5.59. The number of halogens is 2. The minimum Gasteiger partial charge on any atom is -0.465 e. The number of nitrogens with one attached hydrogen (secondary N) is 1. The molecule has 0 saturated carbocycles. The van der Waals surface area contributed by atoms with E-state index in [1.807, 2.05) is 0 Å². The van der Waals surface area contributed by atoms with Gasteiger partial charge in [0, 0.05) is 30.2 Å². The molecule has 2 aliphatic heterocycles. The first-order valence-electron chi connectivity index (χ1n) is 9.22. The molecule has 0 unspecified atom stereocenters. The van der Waals surface area contributed by atoms with Crippen LogP contribution in [0.3, 0.4) is 0 Å². The first kappa shape index (κ1) is 18.7. The SMILES string of the molecule is O=C(O)N1CCc2c(C(=O)N3CCC(c4cc(F)ccc4Cl)CC3)n[nH]c2C1. The van der Waals surface area contributed by atoms with Crippen molar-refractivity contribution in [3.05, 3.63) is 51.6 Å². The van der Waals surface area contributed by atoms with E-state index in [0.717, 1.165) is 11.1 Å². The molecule has 1 aromatic heterocycles. The lowest BCUT2D eigenvalue weighted by atomic mass is 9.89. The van der Waals surface area contributed by atoms with Gasteiger partial charge in [-0.25, -0.2) is 9.18 Å². The number of amides is 2. The average molecular weight is 407 g/mol. The van der Waals surface area contributed by atoms with Gasteiger partial charge < -0.3 is 14.9 Å². The van der Waals surface area contributed by atoms with Gasteiger partial charge in [-0.15, -0.1) is 0 Å². The van der Waals surface area contributed by atoms with Crippen LogP contribution in [-0.4, -0.2) is 56.7 Å². The molecule has 1 aromatic carbocycles. The number of H-pyrrole nitrogens is 1. The number of carbonyl (C=O) groups excluding carboxylic acids is 1. The molecule has 1 saturated heterocycles. The molecule has 0 radical (unpaired) electrons. The van der Waals surface area contributed by atoms with E-state index >= 15 is 0 Å². The molecule has 148 valence electrons. The van der Waals surface area contributed by atoms with Crippen molar-refractivity contribution in [2.75, 3.05) is 19.6 Å². The third kappa shape index (κ3) is 3.44. The molecule has 4 rings (SSSR count). The van der Waals surface area contributed by atoms with Crippen LogP contribution >= 0.6 is 11.6 Å². The number of hydrogen-bond donors (Lipinski definition) is 2. The normalized spacial score (nSPS) is 17.5. The van der Waals surface area contributed by atoms with Crippen molar-refractivity contribution < 1.29 is 19.1 Å². The number of aromatic amines is 1. The topological polar surface area (TPSA) is 89.5 Å². The molecule has 7 nitrogen and oxygen atoms in total. The van der Waals surface area contributed by atoms with Crippen molar-refractivity contribution in [1.29, 1.82) is 0 Å². The zero-order valence-electron chi connectivity index (χ0n) is 15.1. The Morgan fingerprint density at radius 3 is 2.68 bits per heavy atom.